The predicted molar refractivity (Wildman–Crippen MR) is 113 cm³/mol. The van der Waals surface area contributed by atoms with Gasteiger partial charge in [-0.1, -0.05) is 54.6 Å². The van der Waals surface area contributed by atoms with Crippen molar-refractivity contribution in [2.45, 2.75) is 12.1 Å². The number of carbonyl (C=O) groups excluding carboxylic acids is 1. The zero-order valence-corrected chi connectivity index (χ0v) is 16.0. The van der Waals surface area contributed by atoms with Gasteiger partial charge in [-0.05, 0) is 34.5 Å². The van der Waals surface area contributed by atoms with Gasteiger partial charge in [0.05, 0.1) is 5.70 Å². The van der Waals surface area contributed by atoms with Crippen molar-refractivity contribution >= 4 is 27.9 Å². The lowest BCUT2D eigenvalue weighted by molar-refractivity contribution is -0.121. The van der Waals surface area contributed by atoms with Crippen LogP contribution in [0.4, 0.5) is 5.69 Å². The molecule has 3 aromatic rings. The highest BCUT2D eigenvalue weighted by Crippen LogP contribution is 2.30. The number of hydrogen-bond donors (Lipinski definition) is 1. The maximum Gasteiger partial charge on any atom is 0.209 e. The highest BCUT2D eigenvalue weighted by atomic mass is 16.1. The first-order valence-corrected chi connectivity index (χ1v) is 9.18. The molecule has 0 aliphatic carbocycles. The molecule has 5 nitrogen and oxygen atoms in total. The lowest BCUT2D eigenvalue weighted by Crippen LogP contribution is -2.43. The zero-order chi connectivity index (χ0) is 19.7. The van der Waals surface area contributed by atoms with Crippen LogP contribution < -0.4 is 10.6 Å². The minimum Gasteiger partial charge on any atom is -0.378 e. The van der Waals surface area contributed by atoms with Gasteiger partial charge in [0.25, 0.3) is 0 Å². The van der Waals surface area contributed by atoms with Gasteiger partial charge in [-0.25, -0.2) is 0 Å². The molecular formula is C23H22N4O. The normalized spacial score (nSPS) is 18.3. The molecule has 1 aliphatic heterocycles. The molecule has 0 aromatic heterocycles. The largest absolute Gasteiger partial charge is 0.378 e. The van der Waals surface area contributed by atoms with Gasteiger partial charge in [0.1, 0.15) is 0 Å². The van der Waals surface area contributed by atoms with Crippen molar-refractivity contribution in [3.05, 3.63) is 83.9 Å². The quantitative estimate of drug-likeness (QED) is 0.732. The van der Waals surface area contributed by atoms with Gasteiger partial charge in [0.2, 0.25) is 5.66 Å². The van der Waals surface area contributed by atoms with Crippen molar-refractivity contribution < 1.29 is 4.79 Å². The van der Waals surface area contributed by atoms with Crippen molar-refractivity contribution in [3.63, 3.8) is 0 Å². The molecule has 0 spiro atoms. The van der Waals surface area contributed by atoms with Crippen LogP contribution in [-0.2, 0) is 11.2 Å². The van der Waals surface area contributed by atoms with Gasteiger partial charge in [-0.3, -0.25) is 10.5 Å². The number of azo groups is 1. The molecule has 4 rings (SSSR count). The second-order valence-corrected chi connectivity index (χ2v) is 7.28. The summed E-state index contributed by atoms with van der Waals surface area (Å²) in [6.07, 6.45) is 1.87. The molecule has 0 fully saturated rings. The van der Waals surface area contributed by atoms with Crippen LogP contribution in [-0.4, -0.2) is 25.5 Å². The summed E-state index contributed by atoms with van der Waals surface area (Å²) in [6.45, 7) is 0. The molecule has 2 N–H and O–H groups in total. The topological polar surface area (TPSA) is 71.0 Å². The van der Waals surface area contributed by atoms with Crippen molar-refractivity contribution in [2.75, 3.05) is 19.0 Å². The Hall–Kier alpha value is -3.31. The summed E-state index contributed by atoms with van der Waals surface area (Å²) >= 11 is 0. The molecule has 3 aromatic carbocycles. The van der Waals surface area contributed by atoms with E-state index in [1.807, 2.05) is 85.7 Å². The zero-order valence-electron chi connectivity index (χ0n) is 16.0. The molecule has 0 saturated carbocycles. The van der Waals surface area contributed by atoms with E-state index in [1.54, 1.807) is 6.08 Å². The number of carbonyl (C=O) groups is 1. The van der Waals surface area contributed by atoms with E-state index in [1.165, 1.54) is 0 Å². The molecule has 140 valence electrons. The lowest BCUT2D eigenvalue weighted by Gasteiger charge is -2.15. The Bertz CT molecular complexity index is 1100. The summed E-state index contributed by atoms with van der Waals surface area (Å²) in [5.41, 5.74) is 8.38. The van der Waals surface area contributed by atoms with E-state index in [9.17, 15) is 4.79 Å². The first-order chi connectivity index (χ1) is 13.4. The number of hydrogen-bond acceptors (Lipinski definition) is 5. The van der Waals surface area contributed by atoms with E-state index in [-0.39, 0.29) is 12.2 Å². The van der Waals surface area contributed by atoms with E-state index in [2.05, 4.69) is 10.2 Å². The molecule has 1 atom stereocenters. The highest BCUT2D eigenvalue weighted by Gasteiger charge is 2.35. The first kappa shape index (κ1) is 18.1. The van der Waals surface area contributed by atoms with Crippen molar-refractivity contribution in [1.82, 2.24) is 0 Å². The Balaban J connectivity index is 1.54. The Morgan fingerprint density at radius 2 is 1.71 bits per heavy atom. The van der Waals surface area contributed by atoms with Crippen LogP contribution in [0.25, 0.3) is 16.5 Å². The van der Waals surface area contributed by atoms with Crippen LogP contribution >= 0.6 is 0 Å². The highest BCUT2D eigenvalue weighted by molar-refractivity contribution is 5.95. The van der Waals surface area contributed by atoms with E-state index in [0.717, 1.165) is 27.6 Å². The Morgan fingerprint density at radius 1 is 1.00 bits per heavy atom. The fraction of sp³-hybridized carbons (Fsp3) is 0.174. The summed E-state index contributed by atoms with van der Waals surface area (Å²) in [5.74, 6) is -0.175. The third-order valence-corrected chi connectivity index (χ3v) is 4.98. The lowest BCUT2D eigenvalue weighted by atomic mass is 9.96. The second-order valence-electron chi connectivity index (χ2n) is 7.28. The number of ketones is 1. The van der Waals surface area contributed by atoms with Crippen molar-refractivity contribution in [3.8, 4) is 0 Å². The van der Waals surface area contributed by atoms with Gasteiger partial charge >= 0.3 is 0 Å². The maximum atomic E-state index is 12.9. The van der Waals surface area contributed by atoms with E-state index in [4.69, 9.17) is 5.73 Å². The number of fused-ring (bicyclic) bond motifs is 1. The number of nitrogens with zero attached hydrogens (tertiary/aromatic N) is 3. The summed E-state index contributed by atoms with van der Waals surface area (Å²) in [5, 5.41) is 10.5. The van der Waals surface area contributed by atoms with Gasteiger partial charge < -0.3 is 4.90 Å². The van der Waals surface area contributed by atoms with Gasteiger partial charge in [0.15, 0.2) is 5.78 Å². The fourth-order valence-corrected chi connectivity index (χ4v) is 3.29. The summed E-state index contributed by atoms with van der Waals surface area (Å²) in [4.78, 5) is 14.9. The van der Waals surface area contributed by atoms with E-state index < -0.39 is 5.66 Å². The number of nitrogens with two attached hydrogens (primary N) is 1. The third kappa shape index (κ3) is 3.44. The Kier molecular flexibility index (Phi) is 4.53. The first-order valence-electron chi connectivity index (χ1n) is 9.18. The SMILES string of the molecule is CN(C)c1ccc(C2=CC(N)(C(=O)Cc3ccc4ccccc4c3)N=N2)cc1. The number of benzene rings is 3. The van der Waals surface area contributed by atoms with Crippen molar-refractivity contribution in [2.24, 2.45) is 16.0 Å². The Labute approximate surface area is 164 Å². The Morgan fingerprint density at radius 3 is 2.43 bits per heavy atom. The molecule has 5 heteroatoms. The average molecular weight is 370 g/mol. The van der Waals surface area contributed by atoms with Gasteiger partial charge in [0, 0.05) is 31.8 Å². The molecule has 0 bridgehead atoms. The summed E-state index contributed by atoms with van der Waals surface area (Å²) in [7, 11) is 3.97. The second kappa shape index (κ2) is 7.02. The average Bonchev–Trinajstić information content (AvgIpc) is 3.11. The van der Waals surface area contributed by atoms with Crippen LogP contribution in [0, 0.1) is 0 Å². The molecule has 0 amide bonds. The predicted octanol–water partition coefficient (Wildman–Crippen LogP) is 4.18. The fourth-order valence-electron chi connectivity index (χ4n) is 3.29. The van der Waals surface area contributed by atoms with E-state index >= 15 is 0 Å². The third-order valence-electron chi connectivity index (χ3n) is 4.98. The molecule has 0 radical (unpaired) electrons. The smallest absolute Gasteiger partial charge is 0.209 e. The molecule has 1 heterocycles. The summed E-state index contributed by atoms with van der Waals surface area (Å²) in [6, 6.07) is 22.0. The minimum absolute atomic E-state index is 0.175. The minimum atomic E-state index is -1.42. The number of anilines is 1. The molecule has 1 aliphatic rings. The van der Waals surface area contributed by atoms with Crippen LogP contribution in [0.2, 0.25) is 0 Å². The van der Waals surface area contributed by atoms with Gasteiger partial charge in [-0.15, -0.1) is 0 Å². The van der Waals surface area contributed by atoms with E-state index in [0.29, 0.717) is 5.70 Å². The monoisotopic (exact) mass is 370 g/mol. The maximum absolute atomic E-state index is 12.9. The number of Topliss-reactive ketones (excluding diaryl/α,β-unsaturated/α-hetero) is 1. The molecular weight excluding hydrogens is 348 g/mol. The molecule has 1 unspecified atom stereocenters. The molecule has 28 heavy (non-hydrogen) atoms. The van der Waals surface area contributed by atoms with Gasteiger partial charge in [-0.2, -0.15) is 10.2 Å². The number of rotatable bonds is 5. The van der Waals surface area contributed by atoms with Crippen LogP contribution in [0.1, 0.15) is 11.1 Å². The standard InChI is InChI=1S/C23H22N4O/c1-27(2)20-11-9-18(10-12-20)21-15-23(24,26-25-21)22(28)14-16-7-8-17-5-3-4-6-19(17)13-16/h3-13,15H,14,24H2,1-2H3. The van der Waals surface area contributed by atoms with Crippen LogP contribution in [0.5, 0.6) is 0 Å². The van der Waals surface area contributed by atoms with Crippen LogP contribution in [0.15, 0.2) is 83.0 Å². The van der Waals surface area contributed by atoms with Crippen molar-refractivity contribution in [1.29, 1.82) is 0 Å². The summed E-state index contributed by atoms with van der Waals surface area (Å²) < 4.78 is 0. The van der Waals surface area contributed by atoms with Crippen LogP contribution in [0.3, 0.4) is 0 Å². The molecule has 0 saturated heterocycles.